The van der Waals surface area contributed by atoms with Crippen molar-refractivity contribution in [3.8, 4) is 0 Å². The van der Waals surface area contributed by atoms with E-state index in [2.05, 4.69) is 21.2 Å². The van der Waals surface area contributed by atoms with Crippen molar-refractivity contribution in [3.05, 3.63) is 55.9 Å². The molecule has 19 heavy (non-hydrogen) atoms. The van der Waals surface area contributed by atoms with Gasteiger partial charge in [0.05, 0.1) is 0 Å². The third kappa shape index (κ3) is 3.19. The number of benzene rings is 1. The van der Waals surface area contributed by atoms with Crippen LogP contribution in [0.3, 0.4) is 0 Å². The first-order chi connectivity index (χ1) is 9.02. The summed E-state index contributed by atoms with van der Waals surface area (Å²) in [6, 6.07) is 3.74. The van der Waals surface area contributed by atoms with Crippen molar-refractivity contribution >= 4 is 27.3 Å². The van der Waals surface area contributed by atoms with Gasteiger partial charge in [0.25, 0.3) is 0 Å². The molecule has 0 saturated heterocycles. The molecular weight excluding hydrogens is 339 g/mol. The van der Waals surface area contributed by atoms with Crippen molar-refractivity contribution in [1.29, 1.82) is 0 Å². The average Bonchev–Trinajstić information content (AvgIpc) is 2.80. The standard InChI is InChI=1S/C13H11BrF3NS/c1-18-11(5-8-4-7(14)6-19-8)9-2-3-10(15)13(17)12(9)16/h2-4,6,11,18H,5H2,1H3. The van der Waals surface area contributed by atoms with Crippen molar-refractivity contribution in [2.75, 3.05) is 7.05 Å². The lowest BCUT2D eigenvalue weighted by Gasteiger charge is -2.17. The Morgan fingerprint density at radius 3 is 2.58 bits per heavy atom. The Morgan fingerprint density at radius 2 is 2.00 bits per heavy atom. The van der Waals surface area contributed by atoms with Gasteiger partial charge in [-0.1, -0.05) is 6.07 Å². The fourth-order valence-electron chi connectivity index (χ4n) is 1.84. The maximum atomic E-state index is 13.7. The molecule has 0 aliphatic carbocycles. The highest BCUT2D eigenvalue weighted by Gasteiger charge is 2.20. The number of likely N-dealkylation sites (N-methyl/N-ethyl adjacent to an activating group) is 1. The van der Waals surface area contributed by atoms with Crippen LogP contribution in [0.5, 0.6) is 0 Å². The molecule has 0 fully saturated rings. The molecule has 0 bridgehead atoms. The minimum Gasteiger partial charge on any atom is -0.313 e. The zero-order valence-corrected chi connectivity index (χ0v) is 12.4. The van der Waals surface area contributed by atoms with Crippen LogP contribution in [0.2, 0.25) is 0 Å². The summed E-state index contributed by atoms with van der Waals surface area (Å²) in [5.41, 5.74) is 0.130. The van der Waals surface area contributed by atoms with Crippen molar-refractivity contribution in [2.24, 2.45) is 0 Å². The Bertz CT molecular complexity index is 585. The van der Waals surface area contributed by atoms with E-state index in [0.717, 1.165) is 15.4 Å². The second-order valence-corrected chi connectivity index (χ2v) is 5.95. The molecule has 2 rings (SSSR count). The highest BCUT2D eigenvalue weighted by molar-refractivity contribution is 9.10. The van der Waals surface area contributed by atoms with Crippen LogP contribution in [0.1, 0.15) is 16.5 Å². The normalized spacial score (nSPS) is 12.7. The molecule has 1 atom stereocenters. The molecule has 2 aromatic rings. The predicted octanol–water partition coefficient (Wildman–Crippen LogP) is 4.43. The summed E-state index contributed by atoms with van der Waals surface area (Å²) < 4.78 is 40.9. The van der Waals surface area contributed by atoms with E-state index in [4.69, 9.17) is 0 Å². The largest absolute Gasteiger partial charge is 0.313 e. The fraction of sp³-hybridized carbons (Fsp3) is 0.231. The SMILES string of the molecule is CNC(Cc1cc(Br)cs1)c1ccc(F)c(F)c1F. The molecule has 0 spiro atoms. The first-order valence-electron chi connectivity index (χ1n) is 5.56. The smallest absolute Gasteiger partial charge is 0.194 e. The lowest BCUT2D eigenvalue weighted by molar-refractivity contribution is 0.429. The molecule has 1 heterocycles. The van der Waals surface area contributed by atoms with E-state index in [1.54, 1.807) is 7.05 Å². The van der Waals surface area contributed by atoms with Crippen LogP contribution in [0.25, 0.3) is 0 Å². The van der Waals surface area contributed by atoms with Crippen LogP contribution in [0.15, 0.2) is 28.1 Å². The van der Waals surface area contributed by atoms with Crippen LogP contribution < -0.4 is 5.32 Å². The molecule has 0 radical (unpaired) electrons. The first-order valence-corrected chi connectivity index (χ1v) is 7.23. The number of halogens is 4. The van der Waals surface area contributed by atoms with E-state index >= 15 is 0 Å². The van der Waals surface area contributed by atoms with Gasteiger partial charge in [-0.3, -0.25) is 0 Å². The number of nitrogens with one attached hydrogen (secondary N) is 1. The lowest BCUT2D eigenvalue weighted by Crippen LogP contribution is -2.20. The molecule has 0 saturated carbocycles. The highest BCUT2D eigenvalue weighted by atomic mass is 79.9. The Morgan fingerprint density at radius 1 is 1.26 bits per heavy atom. The van der Waals surface area contributed by atoms with Gasteiger partial charge in [0, 0.05) is 32.8 Å². The summed E-state index contributed by atoms with van der Waals surface area (Å²) in [6.45, 7) is 0. The first kappa shape index (κ1) is 14.6. The molecule has 0 aliphatic rings. The summed E-state index contributed by atoms with van der Waals surface area (Å²) in [5, 5.41) is 4.85. The highest BCUT2D eigenvalue weighted by Crippen LogP contribution is 2.28. The summed E-state index contributed by atoms with van der Waals surface area (Å²) in [6.07, 6.45) is 0.509. The molecule has 1 N–H and O–H groups in total. The van der Waals surface area contributed by atoms with Gasteiger partial charge in [-0.25, -0.2) is 13.2 Å². The summed E-state index contributed by atoms with van der Waals surface area (Å²) in [4.78, 5) is 1.02. The van der Waals surface area contributed by atoms with E-state index in [1.165, 1.54) is 17.4 Å². The second-order valence-electron chi connectivity index (χ2n) is 4.04. The molecule has 102 valence electrons. The van der Waals surface area contributed by atoms with Crippen molar-refractivity contribution in [2.45, 2.75) is 12.5 Å². The monoisotopic (exact) mass is 349 g/mol. The van der Waals surface area contributed by atoms with Crippen LogP contribution in [-0.4, -0.2) is 7.05 Å². The van der Waals surface area contributed by atoms with Gasteiger partial charge in [0.1, 0.15) is 0 Å². The minimum absolute atomic E-state index is 0.130. The summed E-state index contributed by atoms with van der Waals surface area (Å²) in [5.74, 6) is -3.73. The second kappa shape index (κ2) is 6.07. The zero-order chi connectivity index (χ0) is 14.0. The zero-order valence-electron chi connectivity index (χ0n) is 10.0. The van der Waals surface area contributed by atoms with E-state index in [0.29, 0.717) is 6.42 Å². The van der Waals surface area contributed by atoms with Gasteiger partial charge in [-0.2, -0.15) is 0 Å². The molecule has 0 amide bonds. The Kier molecular flexibility index (Phi) is 4.65. The number of thiophene rings is 1. The van der Waals surface area contributed by atoms with Gasteiger partial charge in [0.2, 0.25) is 0 Å². The van der Waals surface area contributed by atoms with E-state index in [9.17, 15) is 13.2 Å². The number of hydrogen-bond acceptors (Lipinski definition) is 2. The van der Waals surface area contributed by atoms with Crippen LogP contribution in [-0.2, 0) is 6.42 Å². The third-order valence-electron chi connectivity index (χ3n) is 2.82. The van der Waals surface area contributed by atoms with E-state index in [1.807, 2.05) is 11.4 Å². The predicted molar refractivity (Wildman–Crippen MR) is 73.8 cm³/mol. The Labute approximate surface area is 121 Å². The molecule has 1 nitrogen and oxygen atoms in total. The lowest BCUT2D eigenvalue weighted by atomic mass is 10.0. The topological polar surface area (TPSA) is 12.0 Å². The van der Waals surface area contributed by atoms with Gasteiger partial charge < -0.3 is 5.32 Å². The average molecular weight is 350 g/mol. The van der Waals surface area contributed by atoms with Crippen molar-refractivity contribution in [1.82, 2.24) is 5.32 Å². The van der Waals surface area contributed by atoms with Gasteiger partial charge in [-0.15, -0.1) is 11.3 Å². The summed E-state index contributed by atoms with van der Waals surface area (Å²) >= 11 is 4.87. The number of rotatable bonds is 4. The van der Waals surface area contributed by atoms with E-state index < -0.39 is 23.5 Å². The van der Waals surface area contributed by atoms with Crippen LogP contribution in [0.4, 0.5) is 13.2 Å². The minimum atomic E-state index is -1.43. The van der Waals surface area contributed by atoms with Gasteiger partial charge in [-0.05, 0) is 35.1 Å². The number of hydrogen-bond donors (Lipinski definition) is 1. The quantitative estimate of drug-likeness (QED) is 0.805. The third-order valence-corrected chi connectivity index (χ3v) is 4.54. The molecular formula is C13H11BrF3NS. The maximum absolute atomic E-state index is 13.7. The van der Waals surface area contributed by atoms with Crippen LogP contribution >= 0.6 is 27.3 Å². The Balaban J connectivity index is 2.29. The van der Waals surface area contributed by atoms with E-state index in [-0.39, 0.29) is 5.56 Å². The maximum Gasteiger partial charge on any atom is 0.194 e. The molecule has 0 aliphatic heterocycles. The fourth-order valence-corrected chi connectivity index (χ4v) is 3.34. The van der Waals surface area contributed by atoms with Gasteiger partial charge >= 0.3 is 0 Å². The van der Waals surface area contributed by atoms with Crippen molar-refractivity contribution < 1.29 is 13.2 Å². The molecule has 1 aromatic carbocycles. The molecule has 1 aromatic heterocycles. The Hall–Kier alpha value is -0.850. The molecule has 6 heteroatoms. The van der Waals surface area contributed by atoms with Crippen molar-refractivity contribution in [3.63, 3.8) is 0 Å². The van der Waals surface area contributed by atoms with Crippen LogP contribution in [0, 0.1) is 17.5 Å². The van der Waals surface area contributed by atoms with Gasteiger partial charge in [0.15, 0.2) is 17.5 Å². The summed E-state index contributed by atoms with van der Waals surface area (Å²) in [7, 11) is 1.66. The molecule has 1 unspecified atom stereocenters.